The third-order valence-electron chi connectivity index (χ3n) is 2.82. The fourth-order valence-electron chi connectivity index (χ4n) is 0.820. The highest BCUT2D eigenvalue weighted by atomic mass is 17.3. The topological polar surface area (TPSA) is 85.2 Å². The summed E-state index contributed by atoms with van der Waals surface area (Å²) in [6.45, 7) is 11.9. The molecular formula is C13H26O6. The quantitative estimate of drug-likeness (QED) is 0.333. The average Bonchev–Trinajstić information content (AvgIpc) is 2.11. The van der Waals surface area contributed by atoms with Gasteiger partial charge in [0.25, 0.3) is 0 Å². The van der Waals surface area contributed by atoms with Gasteiger partial charge in [0.1, 0.15) is 0 Å². The number of esters is 1. The van der Waals surface area contributed by atoms with Gasteiger partial charge in [0, 0.05) is 13.8 Å². The molecule has 0 saturated carbocycles. The molecule has 0 aromatic heterocycles. The van der Waals surface area contributed by atoms with E-state index < -0.39 is 28.6 Å². The molecule has 0 amide bonds. The Balaban J connectivity index is 4.72. The van der Waals surface area contributed by atoms with Crippen LogP contribution in [0.1, 0.15) is 55.4 Å². The van der Waals surface area contributed by atoms with E-state index in [0.717, 1.165) is 0 Å². The van der Waals surface area contributed by atoms with Crippen LogP contribution >= 0.6 is 0 Å². The van der Waals surface area contributed by atoms with Gasteiger partial charge >= 0.3 is 5.97 Å². The number of rotatable bonds is 6. The smallest absolute Gasteiger partial charge is 0.316 e. The lowest BCUT2D eigenvalue weighted by molar-refractivity contribution is -0.478. The Bertz CT molecular complexity index is 319. The third-order valence-corrected chi connectivity index (χ3v) is 2.82. The zero-order valence-corrected chi connectivity index (χ0v) is 13.0. The van der Waals surface area contributed by atoms with E-state index in [1.54, 1.807) is 13.8 Å². The van der Waals surface area contributed by atoms with Crippen LogP contribution < -0.4 is 0 Å². The van der Waals surface area contributed by atoms with E-state index in [2.05, 4.69) is 0 Å². The SMILES string of the molecule is CC(C)(O)OOC(C)(C)OC(=O)C(C)(C)C(C)(C)O. The number of aliphatic hydroxyl groups is 2. The summed E-state index contributed by atoms with van der Waals surface area (Å²) in [7, 11) is 0. The Morgan fingerprint density at radius 3 is 1.58 bits per heavy atom. The fourth-order valence-corrected chi connectivity index (χ4v) is 0.820. The van der Waals surface area contributed by atoms with Crippen LogP contribution in [0.2, 0.25) is 0 Å². The predicted octanol–water partition coefficient (Wildman–Crippen LogP) is 1.74. The molecule has 0 fully saturated rings. The highest BCUT2D eigenvalue weighted by molar-refractivity contribution is 5.77. The first-order valence-electron chi connectivity index (χ1n) is 6.13. The van der Waals surface area contributed by atoms with E-state index >= 15 is 0 Å². The van der Waals surface area contributed by atoms with Crippen molar-refractivity contribution in [2.45, 2.75) is 72.6 Å². The summed E-state index contributed by atoms with van der Waals surface area (Å²) in [6, 6.07) is 0. The van der Waals surface area contributed by atoms with Gasteiger partial charge < -0.3 is 14.9 Å². The van der Waals surface area contributed by atoms with Gasteiger partial charge in [-0.1, -0.05) is 0 Å². The van der Waals surface area contributed by atoms with E-state index in [1.165, 1.54) is 41.5 Å². The van der Waals surface area contributed by atoms with Crippen molar-refractivity contribution in [3.05, 3.63) is 0 Å². The highest BCUT2D eigenvalue weighted by Gasteiger charge is 2.45. The minimum absolute atomic E-state index is 0.635. The van der Waals surface area contributed by atoms with Crippen molar-refractivity contribution in [1.29, 1.82) is 0 Å². The minimum Gasteiger partial charge on any atom is -0.430 e. The minimum atomic E-state index is -1.50. The molecule has 0 radical (unpaired) electrons. The molecule has 0 unspecified atom stereocenters. The van der Waals surface area contributed by atoms with Crippen molar-refractivity contribution in [2.75, 3.05) is 0 Å². The Labute approximate surface area is 114 Å². The monoisotopic (exact) mass is 278 g/mol. The Morgan fingerprint density at radius 2 is 1.26 bits per heavy atom. The molecule has 114 valence electrons. The van der Waals surface area contributed by atoms with Gasteiger partial charge in [-0.3, -0.25) is 4.79 Å². The second-order valence-corrected chi connectivity index (χ2v) is 6.59. The summed E-state index contributed by atoms with van der Waals surface area (Å²) in [5.74, 6) is -3.53. The zero-order valence-electron chi connectivity index (χ0n) is 13.0. The van der Waals surface area contributed by atoms with Crippen molar-refractivity contribution in [3.63, 3.8) is 0 Å². The maximum Gasteiger partial charge on any atom is 0.316 e. The van der Waals surface area contributed by atoms with Gasteiger partial charge in [0.05, 0.1) is 11.0 Å². The molecule has 2 N–H and O–H groups in total. The zero-order chi connectivity index (χ0) is 15.7. The van der Waals surface area contributed by atoms with Crippen LogP contribution in [0, 0.1) is 5.41 Å². The summed E-state index contributed by atoms with van der Waals surface area (Å²) < 4.78 is 5.17. The highest BCUT2D eigenvalue weighted by Crippen LogP contribution is 2.33. The van der Waals surface area contributed by atoms with Crippen molar-refractivity contribution < 1.29 is 29.5 Å². The Kier molecular flexibility index (Phi) is 5.17. The summed E-state index contributed by atoms with van der Waals surface area (Å²) >= 11 is 0. The first-order chi connectivity index (χ1) is 8.08. The van der Waals surface area contributed by atoms with Crippen LogP contribution in [-0.2, 0) is 19.3 Å². The molecule has 19 heavy (non-hydrogen) atoms. The molecule has 6 heteroatoms. The molecule has 0 bridgehead atoms. The van der Waals surface area contributed by atoms with Gasteiger partial charge in [0.15, 0.2) is 5.79 Å². The van der Waals surface area contributed by atoms with Gasteiger partial charge in [-0.2, -0.15) is 9.78 Å². The molecular weight excluding hydrogens is 252 g/mol. The maximum absolute atomic E-state index is 12.1. The summed E-state index contributed by atoms with van der Waals surface area (Å²) in [4.78, 5) is 21.7. The van der Waals surface area contributed by atoms with Crippen LogP contribution in [0.4, 0.5) is 0 Å². The van der Waals surface area contributed by atoms with Crippen LogP contribution in [0.5, 0.6) is 0 Å². The van der Waals surface area contributed by atoms with Crippen molar-refractivity contribution >= 4 is 5.97 Å². The lowest BCUT2D eigenvalue weighted by atomic mass is 9.77. The Morgan fingerprint density at radius 1 is 0.842 bits per heavy atom. The van der Waals surface area contributed by atoms with Crippen molar-refractivity contribution in [2.24, 2.45) is 5.41 Å². The molecule has 0 aromatic rings. The molecule has 0 aliphatic carbocycles. The molecule has 0 aromatic carbocycles. The van der Waals surface area contributed by atoms with E-state index in [1.807, 2.05) is 0 Å². The van der Waals surface area contributed by atoms with Gasteiger partial charge in [-0.15, -0.1) is 0 Å². The van der Waals surface area contributed by atoms with Crippen LogP contribution in [0.15, 0.2) is 0 Å². The number of carbonyl (C=O) groups excluding carboxylic acids is 1. The molecule has 0 rings (SSSR count). The number of hydrogen-bond donors (Lipinski definition) is 2. The normalized spacial score (nSPS) is 14.4. The molecule has 0 saturated heterocycles. The van der Waals surface area contributed by atoms with E-state index in [9.17, 15) is 15.0 Å². The van der Waals surface area contributed by atoms with Crippen LogP contribution in [0.25, 0.3) is 0 Å². The lowest BCUT2D eigenvalue weighted by Gasteiger charge is -2.37. The van der Waals surface area contributed by atoms with Crippen LogP contribution in [0.3, 0.4) is 0 Å². The number of carbonyl (C=O) groups is 1. The standard InChI is InChI=1S/C13H26O6/c1-10(2,11(3,4)15)9(14)17-13(7,8)19-18-12(5,6)16/h15-16H,1-8H3. The first kappa shape index (κ1) is 18.3. The predicted molar refractivity (Wildman–Crippen MR) is 68.7 cm³/mol. The lowest BCUT2D eigenvalue weighted by Crippen LogP contribution is -2.49. The number of hydrogen-bond acceptors (Lipinski definition) is 6. The number of ether oxygens (including phenoxy) is 1. The molecule has 0 spiro atoms. The average molecular weight is 278 g/mol. The fraction of sp³-hybridized carbons (Fsp3) is 0.923. The first-order valence-corrected chi connectivity index (χ1v) is 6.13. The van der Waals surface area contributed by atoms with Gasteiger partial charge in [-0.25, -0.2) is 0 Å². The molecule has 0 aliphatic rings. The van der Waals surface area contributed by atoms with Crippen molar-refractivity contribution in [3.8, 4) is 0 Å². The molecule has 0 aliphatic heterocycles. The summed E-state index contributed by atoms with van der Waals surface area (Å²) in [6.07, 6.45) is 0. The second-order valence-electron chi connectivity index (χ2n) is 6.59. The molecule has 0 heterocycles. The maximum atomic E-state index is 12.1. The van der Waals surface area contributed by atoms with Crippen LogP contribution in [-0.4, -0.2) is 33.4 Å². The second kappa shape index (κ2) is 5.36. The summed E-state index contributed by atoms with van der Waals surface area (Å²) in [5, 5.41) is 19.3. The van der Waals surface area contributed by atoms with E-state index in [-0.39, 0.29) is 0 Å². The van der Waals surface area contributed by atoms with E-state index in [0.29, 0.717) is 0 Å². The largest absolute Gasteiger partial charge is 0.430 e. The van der Waals surface area contributed by atoms with Gasteiger partial charge in [0.2, 0.25) is 5.79 Å². The summed E-state index contributed by atoms with van der Waals surface area (Å²) in [5.41, 5.74) is -2.38. The van der Waals surface area contributed by atoms with Crippen molar-refractivity contribution in [1.82, 2.24) is 0 Å². The van der Waals surface area contributed by atoms with Gasteiger partial charge in [-0.05, 0) is 41.5 Å². The Hall–Kier alpha value is -0.690. The van der Waals surface area contributed by atoms with E-state index in [4.69, 9.17) is 14.5 Å². The molecule has 0 atom stereocenters. The third kappa shape index (κ3) is 5.86. The molecule has 6 nitrogen and oxygen atoms in total.